The van der Waals surface area contributed by atoms with Crippen molar-refractivity contribution in [2.24, 2.45) is 0 Å². The van der Waals surface area contributed by atoms with Crippen LogP contribution >= 0.6 is 0 Å². The van der Waals surface area contributed by atoms with Gasteiger partial charge in [0.1, 0.15) is 6.04 Å². The summed E-state index contributed by atoms with van der Waals surface area (Å²) < 4.78 is 25.5. The van der Waals surface area contributed by atoms with Crippen molar-refractivity contribution in [1.82, 2.24) is 9.62 Å². The fraction of sp³-hybridized carbons (Fsp3) is 0.917. The number of nitrogens with zero attached hydrogens (tertiary/aromatic N) is 1. The molecule has 1 unspecified atom stereocenters. The van der Waals surface area contributed by atoms with E-state index in [9.17, 15) is 13.2 Å². The Kier molecular flexibility index (Phi) is 5.34. The minimum atomic E-state index is -3.36. The van der Waals surface area contributed by atoms with Crippen LogP contribution in [0.5, 0.6) is 0 Å². The number of carbonyl (C=O) groups is 1. The third kappa shape index (κ3) is 4.15. The van der Waals surface area contributed by atoms with Gasteiger partial charge in [-0.25, -0.2) is 8.42 Å². The molecule has 1 aliphatic rings. The zero-order valence-electron chi connectivity index (χ0n) is 11.8. The Labute approximate surface area is 115 Å². The molecule has 19 heavy (non-hydrogen) atoms. The quantitative estimate of drug-likeness (QED) is 0.726. The van der Waals surface area contributed by atoms with E-state index in [1.54, 1.807) is 20.8 Å². The molecule has 0 spiro atoms. The molecule has 6 nitrogen and oxygen atoms in total. The van der Waals surface area contributed by atoms with E-state index in [0.29, 0.717) is 25.8 Å². The molecule has 0 aromatic carbocycles. The van der Waals surface area contributed by atoms with Gasteiger partial charge in [-0.05, 0) is 33.1 Å². The van der Waals surface area contributed by atoms with Gasteiger partial charge in [0.2, 0.25) is 15.9 Å². The van der Waals surface area contributed by atoms with E-state index in [2.05, 4.69) is 5.32 Å². The smallest absolute Gasteiger partial charge is 0.238 e. The summed E-state index contributed by atoms with van der Waals surface area (Å²) in [5, 5.41) is 11.8. The summed E-state index contributed by atoms with van der Waals surface area (Å²) in [7, 11) is -3.36. The highest BCUT2D eigenvalue weighted by Gasteiger charge is 2.39. The molecule has 0 aliphatic carbocycles. The molecule has 1 atom stereocenters. The molecule has 112 valence electrons. The summed E-state index contributed by atoms with van der Waals surface area (Å²) in [6.07, 6.45) is 1.77. The molecule has 0 saturated carbocycles. The molecule has 1 heterocycles. The van der Waals surface area contributed by atoms with Crippen LogP contribution in [-0.4, -0.2) is 54.2 Å². The van der Waals surface area contributed by atoms with Crippen molar-refractivity contribution < 1.29 is 18.3 Å². The average Bonchev–Trinajstić information content (AvgIpc) is 2.78. The van der Waals surface area contributed by atoms with Crippen molar-refractivity contribution in [3.8, 4) is 0 Å². The summed E-state index contributed by atoms with van der Waals surface area (Å²) in [6, 6.07) is -0.637. The third-order valence-corrected chi connectivity index (χ3v) is 5.26. The first-order chi connectivity index (χ1) is 8.73. The molecular weight excluding hydrogens is 268 g/mol. The number of nitrogens with one attached hydrogen (secondary N) is 1. The van der Waals surface area contributed by atoms with Gasteiger partial charge in [0, 0.05) is 6.54 Å². The zero-order chi connectivity index (χ0) is 14.7. The second-order valence-corrected chi connectivity index (χ2v) is 7.66. The molecule has 2 N–H and O–H groups in total. The molecular formula is C12H24N2O4S. The van der Waals surface area contributed by atoms with Gasteiger partial charge in [-0.2, -0.15) is 4.31 Å². The monoisotopic (exact) mass is 292 g/mol. The molecule has 0 aromatic rings. The maximum absolute atomic E-state index is 12.2. The molecule has 1 fully saturated rings. The molecule has 7 heteroatoms. The molecule has 0 aromatic heterocycles. The summed E-state index contributed by atoms with van der Waals surface area (Å²) in [5.74, 6) is -0.253. The number of aliphatic hydroxyl groups is 1. The Balaban J connectivity index is 2.80. The standard InChI is InChI=1S/C12H24N2O4S/c1-4-8-19(17,18)14-7-5-6-10(14)11(16)13-12(2,3)9-15/h10,15H,4-9H2,1-3H3,(H,13,16). The Morgan fingerprint density at radius 1 is 1.47 bits per heavy atom. The highest BCUT2D eigenvalue weighted by atomic mass is 32.2. The lowest BCUT2D eigenvalue weighted by Gasteiger charge is -2.29. The van der Waals surface area contributed by atoms with E-state index in [4.69, 9.17) is 5.11 Å². The summed E-state index contributed by atoms with van der Waals surface area (Å²) in [4.78, 5) is 12.2. The van der Waals surface area contributed by atoms with E-state index in [1.165, 1.54) is 4.31 Å². The third-order valence-electron chi connectivity index (χ3n) is 3.18. The van der Waals surface area contributed by atoms with Gasteiger partial charge in [0.05, 0.1) is 17.9 Å². The first-order valence-corrected chi connectivity index (χ1v) is 8.27. The Morgan fingerprint density at radius 3 is 2.63 bits per heavy atom. The van der Waals surface area contributed by atoms with E-state index in [0.717, 1.165) is 0 Å². The normalized spacial score (nSPS) is 21.6. The Bertz CT molecular complexity index is 419. The Morgan fingerprint density at radius 2 is 2.11 bits per heavy atom. The zero-order valence-corrected chi connectivity index (χ0v) is 12.7. The van der Waals surface area contributed by atoms with Crippen LogP contribution in [0.1, 0.15) is 40.0 Å². The lowest BCUT2D eigenvalue weighted by molar-refractivity contribution is -0.126. The molecule has 1 saturated heterocycles. The minimum Gasteiger partial charge on any atom is -0.394 e. The lowest BCUT2D eigenvalue weighted by Crippen LogP contribution is -2.54. The fourth-order valence-corrected chi connectivity index (χ4v) is 3.91. The molecule has 0 radical (unpaired) electrons. The first kappa shape index (κ1) is 16.4. The largest absolute Gasteiger partial charge is 0.394 e. The number of amides is 1. The van der Waals surface area contributed by atoms with Gasteiger partial charge in [-0.1, -0.05) is 6.92 Å². The highest BCUT2D eigenvalue weighted by Crippen LogP contribution is 2.22. The van der Waals surface area contributed by atoms with Crippen molar-refractivity contribution in [1.29, 1.82) is 0 Å². The van der Waals surface area contributed by atoms with Gasteiger partial charge in [0.25, 0.3) is 0 Å². The highest BCUT2D eigenvalue weighted by molar-refractivity contribution is 7.89. The van der Waals surface area contributed by atoms with E-state index in [1.807, 2.05) is 0 Å². The summed E-state index contributed by atoms with van der Waals surface area (Å²) in [5.41, 5.74) is -0.736. The van der Waals surface area contributed by atoms with E-state index < -0.39 is 21.6 Å². The van der Waals surface area contributed by atoms with Crippen molar-refractivity contribution in [3.63, 3.8) is 0 Å². The number of carbonyl (C=O) groups excluding carboxylic acids is 1. The molecule has 1 aliphatic heterocycles. The fourth-order valence-electron chi connectivity index (χ4n) is 2.17. The van der Waals surface area contributed by atoms with Crippen LogP contribution in [0, 0.1) is 0 Å². The van der Waals surface area contributed by atoms with E-state index >= 15 is 0 Å². The molecule has 1 rings (SSSR count). The molecule has 1 amide bonds. The number of sulfonamides is 1. The lowest BCUT2D eigenvalue weighted by atomic mass is 10.1. The van der Waals surface area contributed by atoms with Gasteiger partial charge in [-0.3, -0.25) is 4.79 Å². The van der Waals surface area contributed by atoms with Crippen LogP contribution in [-0.2, 0) is 14.8 Å². The van der Waals surface area contributed by atoms with Crippen LogP contribution in [0.25, 0.3) is 0 Å². The molecule has 0 bridgehead atoms. The van der Waals surface area contributed by atoms with Crippen molar-refractivity contribution in [3.05, 3.63) is 0 Å². The second-order valence-electron chi connectivity index (χ2n) is 5.62. The topological polar surface area (TPSA) is 86.7 Å². The van der Waals surface area contributed by atoms with Gasteiger partial charge in [-0.15, -0.1) is 0 Å². The minimum absolute atomic E-state index is 0.0696. The Hall–Kier alpha value is -0.660. The van der Waals surface area contributed by atoms with Gasteiger partial charge >= 0.3 is 0 Å². The maximum Gasteiger partial charge on any atom is 0.238 e. The van der Waals surface area contributed by atoms with Gasteiger partial charge in [0.15, 0.2) is 0 Å². The van der Waals surface area contributed by atoms with Crippen LogP contribution in [0.15, 0.2) is 0 Å². The summed E-state index contributed by atoms with van der Waals surface area (Å²) in [6.45, 7) is 5.42. The predicted molar refractivity (Wildman–Crippen MR) is 73.1 cm³/mol. The van der Waals surface area contributed by atoms with Crippen LogP contribution in [0.2, 0.25) is 0 Å². The van der Waals surface area contributed by atoms with Crippen LogP contribution < -0.4 is 5.32 Å². The number of rotatable bonds is 6. The van der Waals surface area contributed by atoms with Gasteiger partial charge < -0.3 is 10.4 Å². The number of hydrogen-bond donors (Lipinski definition) is 2. The van der Waals surface area contributed by atoms with Crippen LogP contribution in [0.4, 0.5) is 0 Å². The number of aliphatic hydroxyl groups excluding tert-OH is 1. The average molecular weight is 292 g/mol. The first-order valence-electron chi connectivity index (χ1n) is 6.66. The van der Waals surface area contributed by atoms with Crippen molar-refractivity contribution in [2.75, 3.05) is 18.9 Å². The number of hydrogen-bond acceptors (Lipinski definition) is 4. The van der Waals surface area contributed by atoms with E-state index in [-0.39, 0.29) is 18.3 Å². The predicted octanol–water partition coefficient (Wildman–Crippen LogP) is 0.0777. The second kappa shape index (κ2) is 6.19. The van der Waals surface area contributed by atoms with Crippen molar-refractivity contribution in [2.45, 2.75) is 51.6 Å². The maximum atomic E-state index is 12.2. The summed E-state index contributed by atoms with van der Waals surface area (Å²) >= 11 is 0. The SMILES string of the molecule is CCCS(=O)(=O)N1CCCC1C(=O)NC(C)(C)CO. The van der Waals surface area contributed by atoms with Crippen molar-refractivity contribution >= 4 is 15.9 Å². The van der Waals surface area contributed by atoms with Crippen LogP contribution in [0.3, 0.4) is 0 Å².